The van der Waals surface area contributed by atoms with E-state index in [-0.39, 0.29) is 25.7 Å². The number of cyclic esters (lactones) is 2. The van der Waals surface area contributed by atoms with Crippen LogP contribution < -0.4 is 21.3 Å². The Morgan fingerprint density at radius 1 is 0.795 bits per heavy atom. The Morgan fingerprint density at radius 3 is 1.89 bits per heavy atom. The van der Waals surface area contributed by atoms with Gasteiger partial charge in [-0.3, -0.25) is 33.6 Å². The van der Waals surface area contributed by atoms with E-state index in [4.69, 9.17) is 18.9 Å². The van der Waals surface area contributed by atoms with Crippen molar-refractivity contribution in [1.82, 2.24) is 36.0 Å². The lowest BCUT2D eigenvalue weighted by Crippen LogP contribution is -2.64. The number of aliphatic hydroxyl groups is 1. The van der Waals surface area contributed by atoms with Crippen LogP contribution in [0, 0.1) is 17.8 Å². The van der Waals surface area contributed by atoms with Crippen LogP contribution in [0.5, 0.6) is 0 Å². The molecule has 5 N–H and O–H groups in total. The number of likely N-dealkylation sites (N-methyl/N-ethyl adjacent to an activating group) is 3. The van der Waals surface area contributed by atoms with E-state index in [1.54, 1.807) is 78.8 Å². The third kappa shape index (κ3) is 16.8. The van der Waals surface area contributed by atoms with Crippen LogP contribution in [0.1, 0.15) is 101 Å². The zero-order valence-corrected chi connectivity index (χ0v) is 45.0. The van der Waals surface area contributed by atoms with E-state index in [9.17, 15) is 48.3 Å². The normalized spacial score (nSPS) is 24.4. The third-order valence-corrected chi connectivity index (χ3v) is 12.7. The van der Waals surface area contributed by atoms with Crippen LogP contribution in [-0.4, -0.2) is 174 Å². The number of carbonyl (C=O) groups excluding carboxylic acids is 10. The Balaban J connectivity index is 3.03. The average Bonchev–Trinajstić information content (AvgIpc) is 3.35. The van der Waals surface area contributed by atoms with Gasteiger partial charge in [0.05, 0.1) is 12.2 Å². The van der Waals surface area contributed by atoms with Crippen LogP contribution in [0.3, 0.4) is 0 Å². The summed E-state index contributed by atoms with van der Waals surface area (Å²) in [4.78, 5) is 144. The number of rotatable bonds is 16. The summed E-state index contributed by atoms with van der Waals surface area (Å²) in [6.45, 7) is 20.7. The monoisotopic (exact) mass is 1030 g/mol. The zero-order valence-electron chi connectivity index (χ0n) is 45.0. The molecule has 0 aromatic heterocycles. The fourth-order valence-electron chi connectivity index (χ4n) is 7.93. The Hall–Kier alpha value is -6.42. The molecule has 1 heterocycles. The van der Waals surface area contributed by atoms with Gasteiger partial charge in [-0.2, -0.15) is 0 Å². The summed E-state index contributed by atoms with van der Waals surface area (Å²) >= 11 is 0. The minimum absolute atomic E-state index is 0.0584. The lowest BCUT2D eigenvalue weighted by Gasteiger charge is -2.39. The molecule has 1 aromatic rings. The number of amides is 7. The lowest BCUT2D eigenvalue weighted by molar-refractivity contribution is -0.177. The van der Waals surface area contributed by atoms with Crippen LogP contribution in [0.4, 0.5) is 0 Å². The summed E-state index contributed by atoms with van der Waals surface area (Å²) in [5, 5.41) is 21.3. The first-order chi connectivity index (χ1) is 34.1. The Morgan fingerprint density at radius 2 is 1.38 bits per heavy atom. The molecule has 0 aliphatic carbocycles. The predicted molar refractivity (Wildman–Crippen MR) is 266 cm³/mol. The van der Waals surface area contributed by atoms with Crippen molar-refractivity contribution < 1.29 is 72.0 Å². The highest BCUT2D eigenvalue weighted by Crippen LogP contribution is 2.24. The van der Waals surface area contributed by atoms with Crippen molar-refractivity contribution in [3.63, 3.8) is 0 Å². The Bertz CT molecular complexity index is 2140. The van der Waals surface area contributed by atoms with Gasteiger partial charge in [-0.05, 0) is 43.6 Å². The van der Waals surface area contributed by atoms with Gasteiger partial charge < -0.3 is 60.0 Å². The molecule has 22 nitrogen and oxygen atoms in total. The fourth-order valence-corrected chi connectivity index (χ4v) is 7.93. The minimum atomic E-state index is -1.86. The van der Waals surface area contributed by atoms with Crippen LogP contribution in [0.15, 0.2) is 42.6 Å². The van der Waals surface area contributed by atoms with Crippen molar-refractivity contribution in [3.05, 3.63) is 48.2 Å². The molecule has 11 unspecified atom stereocenters. The van der Waals surface area contributed by atoms with E-state index in [1.807, 2.05) is 0 Å². The molecule has 0 spiro atoms. The van der Waals surface area contributed by atoms with Crippen molar-refractivity contribution in [2.45, 2.75) is 169 Å². The van der Waals surface area contributed by atoms with Crippen LogP contribution >= 0.6 is 0 Å². The number of hydrogen-bond donors (Lipinski definition) is 5. The Labute approximate surface area is 429 Å². The molecule has 73 heavy (non-hydrogen) atoms. The number of nitrogens with one attached hydrogen (secondary N) is 4. The molecule has 1 fully saturated rings. The molecule has 1 saturated heterocycles. The highest BCUT2D eigenvalue weighted by molar-refractivity contribution is 6.01. The number of carbonyl (C=O) groups is 10. The van der Waals surface area contributed by atoms with E-state index in [0.29, 0.717) is 5.56 Å². The molecule has 7 amide bonds. The number of aliphatic hydroxyl groups excluding tert-OH is 1. The van der Waals surface area contributed by atoms with Crippen molar-refractivity contribution >= 4 is 59.3 Å². The third-order valence-electron chi connectivity index (χ3n) is 12.7. The van der Waals surface area contributed by atoms with Gasteiger partial charge >= 0.3 is 17.9 Å². The van der Waals surface area contributed by atoms with Crippen LogP contribution in [0.2, 0.25) is 0 Å². The maximum Gasteiger partial charge on any atom is 0.333 e. The molecule has 2 rings (SSSR count). The van der Waals surface area contributed by atoms with E-state index >= 15 is 4.79 Å². The first kappa shape index (κ1) is 62.7. The van der Waals surface area contributed by atoms with Gasteiger partial charge in [0, 0.05) is 47.5 Å². The lowest BCUT2D eigenvalue weighted by atomic mass is 9.95. The molecule has 22 heteroatoms. The largest absolute Gasteiger partial charge is 0.458 e. The first-order valence-electron chi connectivity index (χ1n) is 24.7. The molecule has 0 bridgehead atoms. The van der Waals surface area contributed by atoms with Gasteiger partial charge in [0.25, 0.3) is 11.8 Å². The smallest absolute Gasteiger partial charge is 0.333 e. The second-order valence-electron chi connectivity index (χ2n) is 19.2. The number of ether oxygens (including phenoxy) is 4. The topological polar surface area (TPSA) is 286 Å². The van der Waals surface area contributed by atoms with E-state index in [1.165, 1.54) is 55.9 Å². The average molecular weight is 1030 g/mol. The summed E-state index contributed by atoms with van der Waals surface area (Å²) in [7, 11) is 4.94. The number of benzene rings is 1. The summed E-state index contributed by atoms with van der Waals surface area (Å²) in [5.74, 6) is -11.6. The first-order valence-corrected chi connectivity index (χ1v) is 24.7. The number of methoxy groups -OCH3 is 1. The molecule has 11 atom stereocenters. The SMILES string of the molecule is C=C1C(=O)NC(C)C(=O)N(C)C(CC)C(=O)NC(C(OC(=O)C(NC(=O)CC)C(O)C(C)C)C(C)C)C(=O)N(C)C(C(C)OC)C(=O)OC(C(C)C)C(NC(=O)CC)C(=O)OC(Cc2ccccc2)C(=O)N1C. The highest BCUT2D eigenvalue weighted by Gasteiger charge is 2.47. The second kappa shape index (κ2) is 28.7. The van der Waals surface area contributed by atoms with Gasteiger partial charge in [0.2, 0.25) is 29.5 Å². The number of esters is 3. The maximum absolute atomic E-state index is 15.2. The van der Waals surface area contributed by atoms with Gasteiger partial charge in [0.1, 0.15) is 36.0 Å². The summed E-state index contributed by atoms with van der Waals surface area (Å²) in [6, 6.07) is -1.22. The molecule has 1 aliphatic heterocycles. The molecule has 1 aliphatic rings. The van der Waals surface area contributed by atoms with Crippen LogP contribution in [-0.2, 0) is 73.3 Å². The van der Waals surface area contributed by atoms with Crippen molar-refractivity contribution in [3.8, 4) is 0 Å². The molecule has 408 valence electrons. The maximum atomic E-state index is 15.2. The molecule has 1 aromatic carbocycles. The predicted octanol–water partition coefficient (Wildman–Crippen LogP) is 1.16. The van der Waals surface area contributed by atoms with Gasteiger partial charge in [-0.15, -0.1) is 0 Å². The van der Waals surface area contributed by atoms with E-state index < -0.39 is 149 Å². The summed E-state index contributed by atoms with van der Waals surface area (Å²) in [5.41, 5.74) is 0.0676. The van der Waals surface area contributed by atoms with E-state index in [0.717, 1.165) is 14.7 Å². The van der Waals surface area contributed by atoms with Gasteiger partial charge in [-0.25, -0.2) is 14.4 Å². The van der Waals surface area contributed by atoms with E-state index in [2.05, 4.69) is 27.8 Å². The summed E-state index contributed by atoms with van der Waals surface area (Å²) in [6.07, 6.45) is -7.95. The van der Waals surface area contributed by atoms with Gasteiger partial charge in [-0.1, -0.05) is 99.2 Å². The molecular formula is C51H79N7O15. The van der Waals surface area contributed by atoms with Crippen molar-refractivity contribution in [2.24, 2.45) is 17.8 Å². The van der Waals surface area contributed by atoms with Crippen molar-refractivity contribution in [1.29, 1.82) is 0 Å². The summed E-state index contributed by atoms with van der Waals surface area (Å²) < 4.78 is 23.6. The second-order valence-corrected chi connectivity index (χ2v) is 19.2. The van der Waals surface area contributed by atoms with Crippen molar-refractivity contribution in [2.75, 3.05) is 28.3 Å². The molecule has 0 radical (unpaired) electrons. The Kier molecular flexibility index (Phi) is 24.7. The van der Waals surface area contributed by atoms with Crippen LogP contribution in [0.25, 0.3) is 0 Å². The molecular weight excluding hydrogens is 951 g/mol. The quantitative estimate of drug-likeness (QED) is 0.0883. The number of nitrogens with zero attached hydrogens (tertiary/aromatic N) is 3. The fraction of sp³-hybridized carbons (Fsp3) is 0.647. The molecule has 0 saturated carbocycles. The minimum Gasteiger partial charge on any atom is -0.458 e. The van der Waals surface area contributed by atoms with Gasteiger partial charge in [0.15, 0.2) is 24.2 Å². The highest BCUT2D eigenvalue weighted by atomic mass is 16.6. The number of hydrogen-bond acceptors (Lipinski definition) is 15. The zero-order chi connectivity index (χ0) is 55.8. The standard InChI is InChI=1S/C51H79N7O15/c1-17-33-45(63)55-38(42(27(6)7)72-49(67)37(41(61)26(4)5)53-35(59)18-2)48(66)58(15)40(31(12)70-16)51(69)73-43(28(8)9)39(54-36(60)19-3)50(68)71-34(25-32-23-21-20-22-24-32)47(65)56(13)30(11)44(62)52-29(10)46(64)57(33)14/h20-24,26-29,31,33-34,37-43,61H,11,17-19,25H2,1-10,12-16H3,(H,52,62)(H,53,59)(H,54,60)(H,55,63).